The van der Waals surface area contributed by atoms with Gasteiger partial charge in [-0.3, -0.25) is 4.79 Å². The maximum Gasteiger partial charge on any atom is 0.248 e. The van der Waals surface area contributed by atoms with E-state index in [1.165, 1.54) is 6.08 Å². The zero-order valence-electron chi connectivity index (χ0n) is 19.3. The molecule has 33 heavy (non-hydrogen) atoms. The molecule has 6 nitrogen and oxygen atoms in total. The average Bonchev–Trinajstić information content (AvgIpc) is 2.84. The molecule has 1 amide bonds. The number of nitrogens with one attached hydrogen (secondary N) is 2. The fourth-order valence-corrected chi connectivity index (χ4v) is 3.22. The first-order chi connectivity index (χ1) is 16.0. The highest BCUT2D eigenvalue weighted by Gasteiger charge is 2.02. The second-order valence-electron chi connectivity index (χ2n) is 7.67. The number of nitrogens with two attached hydrogens (primary N) is 1. The molecule has 0 fully saturated rings. The van der Waals surface area contributed by atoms with Gasteiger partial charge in [0.1, 0.15) is 0 Å². The molecule has 4 N–H and O–H groups in total. The molecule has 0 bridgehead atoms. The van der Waals surface area contributed by atoms with E-state index in [0.29, 0.717) is 11.4 Å². The van der Waals surface area contributed by atoms with Crippen molar-refractivity contribution in [2.24, 2.45) is 0 Å². The zero-order chi connectivity index (χ0) is 23.5. The van der Waals surface area contributed by atoms with Gasteiger partial charge in [0.2, 0.25) is 5.91 Å². The number of amides is 1. The Labute approximate surface area is 196 Å². The molecule has 0 saturated heterocycles. The number of hydrogen-bond acceptors (Lipinski definition) is 5. The predicted molar refractivity (Wildman–Crippen MR) is 138 cm³/mol. The molecule has 0 spiro atoms. The van der Waals surface area contributed by atoms with Gasteiger partial charge in [-0.25, -0.2) is 0 Å². The summed E-state index contributed by atoms with van der Waals surface area (Å²) >= 11 is 0. The first-order valence-corrected chi connectivity index (χ1v) is 11.1. The van der Waals surface area contributed by atoms with E-state index in [1.807, 2.05) is 31.2 Å². The molecule has 0 aromatic heterocycles. The zero-order valence-corrected chi connectivity index (χ0v) is 19.3. The first kappa shape index (κ1) is 23.9. The van der Waals surface area contributed by atoms with Crippen LogP contribution in [0, 0.1) is 0 Å². The van der Waals surface area contributed by atoms with Crippen LogP contribution in [-0.4, -0.2) is 32.7 Å². The summed E-state index contributed by atoms with van der Waals surface area (Å²) < 4.78 is 5.42. The Morgan fingerprint density at radius 3 is 2.45 bits per heavy atom. The highest BCUT2D eigenvalue weighted by atomic mass is 16.5. The predicted octanol–water partition coefficient (Wildman–Crippen LogP) is 5.01. The molecule has 0 aliphatic carbocycles. The standard InChI is InChI=1S/C27H32N4O2/c1-3-33-19-18-31(2)24-15-13-23(14-16-24)29-20-22-10-8-21(9-11-22)12-17-27(32)30-26-7-5-4-6-25(26)28/h4-17,29H,3,18-20,28H2,1-2H3,(H,30,32)/b17-12+. The van der Waals surface area contributed by atoms with Gasteiger partial charge in [-0.1, -0.05) is 36.4 Å². The van der Waals surface area contributed by atoms with Crippen LogP contribution in [0.15, 0.2) is 78.9 Å². The normalized spacial score (nSPS) is 10.8. The van der Waals surface area contributed by atoms with E-state index in [9.17, 15) is 4.79 Å². The quantitative estimate of drug-likeness (QED) is 0.220. The van der Waals surface area contributed by atoms with Crippen molar-refractivity contribution in [3.63, 3.8) is 0 Å². The lowest BCUT2D eigenvalue weighted by molar-refractivity contribution is -0.111. The first-order valence-electron chi connectivity index (χ1n) is 11.1. The smallest absolute Gasteiger partial charge is 0.248 e. The molecule has 0 radical (unpaired) electrons. The van der Waals surface area contributed by atoms with Crippen molar-refractivity contribution in [2.45, 2.75) is 13.5 Å². The number of likely N-dealkylation sites (N-methyl/N-ethyl adjacent to an activating group) is 1. The lowest BCUT2D eigenvalue weighted by atomic mass is 10.1. The number of rotatable bonds is 11. The molecule has 3 aromatic carbocycles. The van der Waals surface area contributed by atoms with Crippen molar-refractivity contribution >= 4 is 34.7 Å². The Morgan fingerprint density at radius 2 is 1.76 bits per heavy atom. The lowest BCUT2D eigenvalue weighted by Crippen LogP contribution is -2.22. The minimum Gasteiger partial charge on any atom is -0.397 e. The Bertz CT molecular complexity index is 1050. The molecular weight excluding hydrogens is 412 g/mol. The van der Waals surface area contributed by atoms with E-state index in [1.54, 1.807) is 18.2 Å². The largest absolute Gasteiger partial charge is 0.397 e. The molecule has 0 atom stereocenters. The van der Waals surface area contributed by atoms with Crippen molar-refractivity contribution in [3.8, 4) is 0 Å². The number of nitrogens with zero attached hydrogens (tertiary/aromatic N) is 1. The summed E-state index contributed by atoms with van der Waals surface area (Å²) in [4.78, 5) is 14.3. The minimum absolute atomic E-state index is 0.217. The van der Waals surface area contributed by atoms with E-state index in [2.05, 4.69) is 59.0 Å². The Kier molecular flexibility index (Phi) is 8.91. The maximum atomic E-state index is 12.1. The monoisotopic (exact) mass is 444 g/mol. The molecule has 172 valence electrons. The van der Waals surface area contributed by atoms with Crippen LogP contribution in [0.3, 0.4) is 0 Å². The number of ether oxygens (including phenoxy) is 1. The average molecular weight is 445 g/mol. The van der Waals surface area contributed by atoms with Gasteiger partial charge in [-0.2, -0.15) is 0 Å². The number of carbonyl (C=O) groups excluding carboxylic acids is 1. The summed E-state index contributed by atoms with van der Waals surface area (Å²) in [5, 5.41) is 6.23. The third kappa shape index (κ3) is 7.70. The van der Waals surface area contributed by atoms with Gasteiger partial charge in [0.05, 0.1) is 18.0 Å². The highest BCUT2D eigenvalue weighted by Crippen LogP contribution is 2.18. The van der Waals surface area contributed by atoms with Crippen LogP contribution < -0.4 is 21.3 Å². The van der Waals surface area contributed by atoms with Crippen LogP contribution in [0.5, 0.6) is 0 Å². The highest BCUT2D eigenvalue weighted by molar-refractivity contribution is 6.03. The van der Waals surface area contributed by atoms with Crippen LogP contribution >= 0.6 is 0 Å². The van der Waals surface area contributed by atoms with Crippen LogP contribution in [0.25, 0.3) is 6.08 Å². The van der Waals surface area contributed by atoms with Gasteiger partial charge < -0.3 is 26.0 Å². The number of para-hydroxylation sites is 2. The summed E-state index contributed by atoms with van der Waals surface area (Å²) in [5.74, 6) is -0.217. The Balaban J connectivity index is 1.47. The van der Waals surface area contributed by atoms with Crippen molar-refractivity contribution in [2.75, 3.05) is 48.1 Å². The van der Waals surface area contributed by atoms with Gasteiger partial charge >= 0.3 is 0 Å². The van der Waals surface area contributed by atoms with Crippen LogP contribution in [0.2, 0.25) is 0 Å². The summed E-state index contributed by atoms with van der Waals surface area (Å²) in [6, 6.07) is 23.7. The van der Waals surface area contributed by atoms with Crippen molar-refractivity contribution in [1.29, 1.82) is 0 Å². The SMILES string of the molecule is CCOCCN(C)c1ccc(NCc2ccc(/C=C/C(=O)Nc3ccccc3N)cc2)cc1. The number of hydrogen-bond donors (Lipinski definition) is 3. The Hall–Kier alpha value is -3.77. The molecule has 0 unspecified atom stereocenters. The second kappa shape index (κ2) is 12.3. The van der Waals surface area contributed by atoms with Gasteiger partial charge in [0.15, 0.2) is 0 Å². The summed E-state index contributed by atoms with van der Waals surface area (Å²) in [6.45, 7) is 5.06. The number of carbonyl (C=O) groups is 1. The van der Waals surface area contributed by atoms with E-state index in [4.69, 9.17) is 10.5 Å². The molecule has 6 heteroatoms. The van der Waals surface area contributed by atoms with E-state index in [0.717, 1.165) is 48.8 Å². The topological polar surface area (TPSA) is 79.6 Å². The van der Waals surface area contributed by atoms with Crippen LogP contribution in [0.1, 0.15) is 18.1 Å². The third-order valence-electron chi connectivity index (χ3n) is 5.21. The van der Waals surface area contributed by atoms with E-state index < -0.39 is 0 Å². The van der Waals surface area contributed by atoms with Gasteiger partial charge in [-0.15, -0.1) is 0 Å². The summed E-state index contributed by atoms with van der Waals surface area (Å²) in [6.07, 6.45) is 3.29. The fraction of sp³-hybridized carbons (Fsp3) is 0.222. The molecule has 0 saturated carbocycles. The van der Waals surface area contributed by atoms with Crippen LogP contribution in [0.4, 0.5) is 22.7 Å². The van der Waals surface area contributed by atoms with Gasteiger partial charge in [-0.05, 0) is 60.5 Å². The fourth-order valence-electron chi connectivity index (χ4n) is 3.22. The molecule has 0 heterocycles. The molecular formula is C27H32N4O2. The summed E-state index contributed by atoms with van der Waals surface area (Å²) in [5.41, 5.74) is 11.3. The molecule has 0 aliphatic rings. The third-order valence-corrected chi connectivity index (χ3v) is 5.21. The van der Waals surface area contributed by atoms with Gasteiger partial charge in [0, 0.05) is 44.2 Å². The number of benzene rings is 3. The lowest BCUT2D eigenvalue weighted by Gasteiger charge is -2.19. The molecule has 3 rings (SSSR count). The van der Waals surface area contributed by atoms with Crippen LogP contribution in [-0.2, 0) is 16.1 Å². The number of nitrogen functional groups attached to an aromatic ring is 1. The maximum absolute atomic E-state index is 12.1. The van der Waals surface area contributed by atoms with E-state index in [-0.39, 0.29) is 5.91 Å². The van der Waals surface area contributed by atoms with Crippen molar-refractivity contribution in [1.82, 2.24) is 0 Å². The van der Waals surface area contributed by atoms with Gasteiger partial charge in [0.25, 0.3) is 0 Å². The number of anilines is 4. The van der Waals surface area contributed by atoms with E-state index >= 15 is 0 Å². The Morgan fingerprint density at radius 1 is 1.03 bits per heavy atom. The van der Waals surface area contributed by atoms with Crippen molar-refractivity contribution in [3.05, 3.63) is 90.0 Å². The van der Waals surface area contributed by atoms with Crippen molar-refractivity contribution < 1.29 is 9.53 Å². The second-order valence-corrected chi connectivity index (χ2v) is 7.67. The minimum atomic E-state index is -0.217. The molecule has 0 aliphatic heterocycles. The summed E-state index contributed by atoms with van der Waals surface area (Å²) in [7, 11) is 2.07. The molecule has 3 aromatic rings.